The topological polar surface area (TPSA) is 77.0 Å². The summed E-state index contributed by atoms with van der Waals surface area (Å²) in [5.74, 6) is 1.07. The maximum absolute atomic E-state index is 12.1. The smallest absolute Gasteiger partial charge is 0.214 e. The highest BCUT2D eigenvalue weighted by atomic mass is 32.2. The predicted octanol–water partition coefficient (Wildman–Crippen LogP) is 1.23. The molecule has 0 amide bonds. The van der Waals surface area contributed by atoms with Crippen molar-refractivity contribution in [3.8, 4) is 0 Å². The maximum Gasteiger partial charge on any atom is 0.214 e. The van der Waals surface area contributed by atoms with Gasteiger partial charge >= 0.3 is 0 Å². The van der Waals surface area contributed by atoms with E-state index in [0.29, 0.717) is 19.5 Å². The molecule has 1 saturated carbocycles. The fourth-order valence-electron chi connectivity index (χ4n) is 3.93. The van der Waals surface area contributed by atoms with Gasteiger partial charge in [0.15, 0.2) is 5.96 Å². The van der Waals surface area contributed by atoms with Crippen molar-refractivity contribution >= 4 is 16.0 Å². The fraction of sp³-hybridized carbons (Fsp3) is 0.944. The van der Waals surface area contributed by atoms with Crippen molar-refractivity contribution in [2.24, 2.45) is 4.99 Å². The Morgan fingerprint density at radius 2 is 1.85 bits per heavy atom. The number of nitrogens with zero attached hydrogens (tertiary/aromatic N) is 3. The van der Waals surface area contributed by atoms with E-state index in [2.05, 4.69) is 27.6 Å². The standard InChI is InChI=1S/C18H37N5O2S/c1-4-15-26(24,25)23-12-9-16(10-13-23)21-18(19-2)20-11-14-22(3)17-7-5-6-8-17/h16-17H,4-15H2,1-3H3,(H2,19,20,21). The largest absolute Gasteiger partial charge is 0.355 e. The molecular formula is C18H37N5O2S. The van der Waals surface area contributed by atoms with Gasteiger partial charge in [-0.2, -0.15) is 0 Å². The number of piperidine rings is 1. The monoisotopic (exact) mass is 387 g/mol. The maximum atomic E-state index is 12.1. The Kier molecular flexibility index (Phi) is 8.63. The highest BCUT2D eigenvalue weighted by molar-refractivity contribution is 7.89. The van der Waals surface area contributed by atoms with E-state index in [1.807, 2.05) is 6.92 Å². The summed E-state index contributed by atoms with van der Waals surface area (Å²) in [5.41, 5.74) is 0. The molecule has 1 heterocycles. The van der Waals surface area contributed by atoms with Crippen molar-refractivity contribution in [1.82, 2.24) is 19.8 Å². The van der Waals surface area contributed by atoms with Gasteiger partial charge in [-0.25, -0.2) is 12.7 Å². The summed E-state index contributed by atoms with van der Waals surface area (Å²) in [6, 6.07) is 1.02. The van der Waals surface area contributed by atoms with Gasteiger partial charge in [0.2, 0.25) is 10.0 Å². The molecule has 0 aromatic carbocycles. The fourth-order valence-corrected chi connectivity index (χ4v) is 5.47. The molecular weight excluding hydrogens is 350 g/mol. The average Bonchev–Trinajstić information content (AvgIpc) is 3.16. The van der Waals surface area contributed by atoms with Crippen LogP contribution in [-0.4, -0.2) is 81.7 Å². The van der Waals surface area contributed by atoms with Crippen LogP contribution >= 0.6 is 0 Å². The second kappa shape index (κ2) is 10.5. The number of hydrogen-bond donors (Lipinski definition) is 2. The number of guanidine groups is 1. The third kappa shape index (κ3) is 6.39. The summed E-state index contributed by atoms with van der Waals surface area (Å²) in [6.07, 6.45) is 7.69. The van der Waals surface area contributed by atoms with Crippen molar-refractivity contribution < 1.29 is 8.42 Å². The summed E-state index contributed by atoms with van der Waals surface area (Å²) >= 11 is 0. The van der Waals surface area contributed by atoms with Crippen LogP contribution in [0.25, 0.3) is 0 Å². The molecule has 0 aromatic heterocycles. The summed E-state index contributed by atoms with van der Waals surface area (Å²) in [6.45, 7) is 4.99. The predicted molar refractivity (Wildman–Crippen MR) is 108 cm³/mol. The van der Waals surface area contributed by atoms with E-state index in [0.717, 1.165) is 37.9 Å². The summed E-state index contributed by atoms with van der Waals surface area (Å²) in [4.78, 5) is 6.77. The second-order valence-electron chi connectivity index (χ2n) is 7.55. The van der Waals surface area contributed by atoms with Crippen LogP contribution in [0.3, 0.4) is 0 Å². The first kappa shape index (κ1) is 21.4. The number of sulfonamides is 1. The molecule has 2 N–H and O–H groups in total. The third-order valence-corrected chi connectivity index (χ3v) is 7.65. The van der Waals surface area contributed by atoms with Gasteiger partial charge in [-0.1, -0.05) is 19.8 Å². The molecule has 1 aliphatic heterocycles. The van der Waals surface area contributed by atoms with E-state index in [1.165, 1.54) is 25.7 Å². The van der Waals surface area contributed by atoms with Crippen LogP contribution in [0, 0.1) is 0 Å². The molecule has 1 saturated heterocycles. The molecule has 7 nitrogen and oxygen atoms in total. The molecule has 8 heteroatoms. The van der Waals surface area contributed by atoms with E-state index >= 15 is 0 Å². The van der Waals surface area contributed by atoms with Crippen LogP contribution in [0.5, 0.6) is 0 Å². The van der Waals surface area contributed by atoms with Gasteiger partial charge in [-0.05, 0) is 39.2 Å². The van der Waals surface area contributed by atoms with Gasteiger partial charge < -0.3 is 15.5 Å². The summed E-state index contributed by atoms with van der Waals surface area (Å²) in [5, 5.41) is 6.85. The molecule has 0 bridgehead atoms. The first-order chi connectivity index (χ1) is 12.5. The van der Waals surface area contributed by atoms with Crippen molar-refractivity contribution in [2.75, 3.05) is 46.0 Å². The van der Waals surface area contributed by atoms with Crippen molar-refractivity contribution in [3.05, 3.63) is 0 Å². The number of hydrogen-bond acceptors (Lipinski definition) is 4. The van der Waals surface area contributed by atoms with E-state index in [1.54, 1.807) is 11.4 Å². The van der Waals surface area contributed by atoms with Crippen LogP contribution in [0.1, 0.15) is 51.9 Å². The molecule has 152 valence electrons. The van der Waals surface area contributed by atoms with E-state index in [4.69, 9.17) is 0 Å². The number of nitrogens with one attached hydrogen (secondary N) is 2. The van der Waals surface area contributed by atoms with Crippen molar-refractivity contribution in [3.63, 3.8) is 0 Å². The highest BCUT2D eigenvalue weighted by Gasteiger charge is 2.27. The van der Waals surface area contributed by atoms with Gasteiger partial charge in [-0.3, -0.25) is 4.99 Å². The Labute approximate surface area is 159 Å². The number of likely N-dealkylation sites (N-methyl/N-ethyl adjacent to an activating group) is 1. The Bertz CT molecular complexity index is 538. The lowest BCUT2D eigenvalue weighted by molar-refractivity contribution is 0.249. The highest BCUT2D eigenvalue weighted by Crippen LogP contribution is 2.21. The van der Waals surface area contributed by atoms with E-state index < -0.39 is 10.0 Å². The van der Waals surface area contributed by atoms with Crippen molar-refractivity contribution in [1.29, 1.82) is 0 Å². The molecule has 1 aliphatic carbocycles. The number of aliphatic imine (C=N–C) groups is 1. The molecule has 2 fully saturated rings. The lowest BCUT2D eigenvalue weighted by atomic mass is 10.1. The molecule has 2 aliphatic rings. The minimum Gasteiger partial charge on any atom is -0.355 e. The molecule has 0 unspecified atom stereocenters. The van der Waals surface area contributed by atoms with Gasteiger partial charge in [-0.15, -0.1) is 0 Å². The van der Waals surface area contributed by atoms with Crippen LogP contribution in [0.15, 0.2) is 4.99 Å². The Morgan fingerprint density at radius 1 is 1.19 bits per heavy atom. The van der Waals surface area contributed by atoms with Crippen LogP contribution in [0.2, 0.25) is 0 Å². The first-order valence-corrected chi connectivity index (χ1v) is 11.7. The minimum atomic E-state index is -3.07. The first-order valence-electron chi connectivity index (χ1n) is 10.1. The zero-order valence-corrected chi connectivity index (χ0v) is 17.5. The molecule has 0 aromatic rings. The average molecular weight is 388 g/mol. The zero-order chi connectivity index (χ0) is 19.0. The van der Waals surface area contributed by atoms with E-state index in [9.17, 15) is 8.42 Å². The summed E-state index contributed by atoms with van der Waals surface area (Å²) in [7, 11) is 0.929. The van der Waals surface area contributed by atoms with Crippen LogP contribution in [0.4, 0.5) is 0 Å². The lowest BCUT2D eigenvalue weighted by Crippen LogP contribution is -2.51. The SMILES string of the molecule is CCCS(=O)(=O)N1CCC(NC(=NC)NCCN(C)C2CCCC2)CC1. The second-order valence-corrected chi connectivity index (χ2v) is 9.64. The Hall–Kier alpha value is -0.860. The minimum absolute atomic E-state index is 0.253. The Balaban J connectivity index is 1.68. The lowest BCUT2D eigenvalue weighted by Gasteiger charge is -2.32. The molecule has 0 atom stereocenters. The van der Waals surface area contributed by atoms with Gasteiger partial charge in [0, 0.05) is 45.3 Å². The third-order valence-electron chi connectivity index (χ3n) is 5.58. The normalized spacial score (nSPS) is 21.5. The summed E-state index contributed by atoms with van der Waals surface area (Å²) < 4.78 is 25.9. The molecule has 0 radical (unpaired) electrons. The zero-order valence-electron chi connectivity index (χ0n) is 16.7. The van der Waals surface area contributed by atoms with Gasteiger partial charge in [0.05, 0.1) is 5.75 Å². The van der Waals surface area contributed by atoms with Crippen molar-refractivity contribution in [2.45, 2.75) is 64.0 Å². The Morgan fingerprint density at radius 3 is 2.42 bits per heavy atom. The van der Waals surface area contributed by atoms with Gasteiger partial charge in [0.1, 0.15) is 0 Å². The van der Waals surface area contributed by atoms with Gasteiger partial charge in [0.25, 0.3) is 0 Å². The molecule has 2 rings (SSSR count). The number of rotatable bonds is 8. The molecule has 26 heavy (non-hydrogen) atoms. The molecule has 0 spiro atoms. The quantitative estimate of drug-likeness (QED) is 0.484. The van der Waals surface area contributed by atoms with E-state index in [-0.39, 0.29) is 11.8 Å². The van der Waals surface area contributed by atoms with Crippen LogP contribution < -0.4 is 10.6 Å². The van der Waals surface area contributed by atoms with Crippen LogP contribution in [-0.2, 0) is 10.0 Å².